The highest BCUT2D eigenvalue weighted by atomic mass is 14.8. The van der Waals surface area contributed by atoms with Crippen molar-refractivity contribution < 1.29 is 0 Å². The van der Waals surface area contributed by atoms with Gasteiger partial charge in [0.05, 0.1) is 0 Å². The lowest BCUT2D eigenvalue weighted by molar-refractivity contribution is 0.675. The van der Waals surface area contributed by atoms with Crippen LogP contribution < -0.4 is 11.1 Å². The molecule has 0 unspecified atom stereocenters. The van der Waals surface area contributed by atoms with Crippen LogP contribution in [0.4, 0.5) is 0 Å². The molecule has 0 aliphatic rings. The van der Waals surface area contributed by atoms with Crippen molar-refractivity contribution in [3.8, 4) is 12.8 Å². The molecule has 1 aromatic rings. The Kier molecular flexibility index (Phi) is 26.4. The summed E-state index contributed by atoms with van der Waals surface area (Å²) in [4.78, 5) is 0. The van der Waals surface area contributed by atoms with Gasteiger partial charge in [-0.3, -0.25) is 0 Å². The normalized spacial score (nSPS) is 7.79. The second kappa shape index (κ2) is 21.9. The van der Waals surface area contributed by atoms with Gasteiger partial charge in [0, 0.05) is 6.54 Å². The monoisotopic (exact) mass is 264 g/mol. The molecule has 1 aromatic carbocycles. The van der Waals surface area contributed by atoms with Crippen LogP contribution in [-0.2, 0) is 13.0 Å². The molecule has 19 heavy (non-hydrogen) atoms. The van der Waals surface area contributed by atoms with Crippen LogP contribution >= 0.6 is 0 Å². The van der Waals surface area contributed by atoms with Crippen molar-refractivity contribution in [1.29, 1.82) is 0 Å². The second-order valence-corrected chi connectivity index (χ2v) is 3.35. The van der Waals surface area contributed by atoms with Crippen molar-refractivity contribution >= 4 is 0 Å². The SMILES string of the molecule is C#C.CC.CCCNCc1cccc(CC)c1.CN. The van der Waals surface area contributed by atoms with Crippen LogP contribution in [0.15, 0.2) is 24.3 Å². The largest absolute Gasteiger partial charge is 0.333 e. The van der Waals surface area contributed by atoms with Crippen LogP contribution in [0.25, 0.3) is 0 Å². The molecule has 2 heteroatoms. The molecule has 0 fully saturated rings. The lowest BCUT2D eigenvalue weighted by atomic mass is 10.1. The summed E-state index contributed by atoms with van der Waals surface area (Å²) in [5, 5.41) is 3.40. The second-order valence-electron chi connectivity index (χ2n) is 3.35. The van der Waals surface area contributed by atoms with Crippen molar-refractivity contribution in [2.24, 2.45) is 5.73 Å². The number of aryl methyl sites for hydroxylation is 1. The van der Waals surface area contributed by atoms with Gasteiger partial charge in [0.1, 0.15) is 0 Å². The molecule has 0 radical (unpaired) electrons. The van der Waals surface area contributed by atoms with Crippen molar-refractivity contribution in [3.05, 3.63) is 35.4 Å². The van der Waals surface area contributed by atoms with Gasteiger partial charge in [-0.05, 0) is 37.6 Å². The Morgan fingerprint density at radius 3 is 2.05 bits per heavy atom. The summed E-state index contributed by atoms with van der Waals surface area (Å²) >= 11 is 0. The van der Waals surface area contributed by atoms with E-state index in [1.54, 1.807) is 0 Å². The third kappa shape index (κ3) is 14.6. The lowest BCUT2D eigenvalue weighted by Crippen LogP contribution is -2.13. The van der Waals surface area contributed by atoms with Crippen LogP contribution in [-0.4, -0.2) is 13.6 Å². The highest BCUT2D eigenvalue weighted by Gasteiger charge is 1.93. The van der Waals surface area contributed by atoms with Crippen molar-refractivity contribution in [2.45, 2.75) is 47.1 Å². The summed E-state index contributed by atoms with van der Waals surface area (Å²) in [6.45, 7) is 10.5. The first-order valence-corrected chi connectivity index (χ1v) is 7.06. The highest BCUT2D eigenvalue weighted by Crippen LogP contribution is 2.05. The van der Waals surface area contributed by atoms with Gasteiger partial charge in [0.15, 0.2) is 0 Å². The molecule has 0 aliphatic heterocycles. The minimum atomic E-state index is 1.00. The average molecular weight is 264 g/mol. The zero-order valence-corrected chi connectivity index (χ0v) is 13.4. The summed E-state index contributed by atoms with van der Waals surface area (Å²) in [7, 11) is 1.50. The fourth-order valence-electron chi connectivity index (χ4n) is 1.37. The first-order chi connectivity index (χ1) is 9.36. The van der Waals surface area contributed by atoms with Gasteiger partial charge in [0.2, 0.25) is 0 Å². The Labute approximate surface area is 120 Å². The van der Waals surface area contributed by atoms with Crippen LogP contribution in [0.3, 0.4) is 0 Å². The number of nitrogens with one attached hydrogen (secondary N) is 1. The maximum atomic E-state index is 4.50. The van der Waals surface area contributed by atoms with Crippen LogP contribution in [0.5, 0.6) is 0 Å². The molecule has 110 valence electrons. The molecule has 0 amide bonds. The van der Waals surface area contributed by atoms with E-state index >= 15 is 0 Å². The molecule has 1 rings (SSSR count). The van der Waals surface area contributed by atoms with E-state index in [-0.39, 0.29) is 0 Å². The van der Waals surface area contributed by atoms with E-state index in [2.05, 4.69) is 62.0 Å². The molecule has 0 aliphatic carbocycles. The van der Waals surface area contributed by atoms with Gasteiger partial charge in [0.25, 0.3) is 0 Å². The van der Waals surface area contributed by atoms with Crippen molar-refractivity contribution in [3.63, 3.8) is 0 Å². The fourth-order valence-corrected chi connectivity index (χ4v) is 1.37. The van der Waals surface area contributed by atoms with Crippen molar-refractivity contribution in [2.75, 3.05) is 13.6 Å². The minimum absolute atomic E-state index is 1.00. The molecule has 0 heterocycles. The standard InChI is InChI=1S/C12H19N.C2H6.C2H2.CH5N/c1-3-8-13-10-12-7-5-6-11(4-2)9-12;3*1-2/h5-7,9,13H,3-4,8,10H2,1-2H3;1-2H3;1-2H;2H2,1H3. The first kappa shape index (κ1) is 22.8. The predicted molar refractivity (Wildman–Crippen MR) is 89.2 cm³/mol. The smallest absolute Gasteiger partial charge is 0.0205 e. The van der Waals surface area contributed by atoms with E-state index in [0.29, 0.717) is 0 Å². The third-order valence-corrected chi connectivity index (χ3v) is 2.16. The number of rotatable bonds is 5. The zero-order chi connectivity index (χ0) is 15.5. The fraction of sp³-hybridized carbons (Fsp3) is 0.529. The van der Waals surface area contributed by atoms with Gasteiger partial charge in [-0.25, -0.2) is 0 Å². The molecule has 0 spiro atoms. The summed E-state index contributed by atoms with van der Waals surface area (Å²) in [5.41, 5.74) is 7.32. The quantitative estimate of drug-likeness (QED) is 0.630. The maximum absolute atomic E-state index is 4.50. The number of benzene rings is 1. The summed E-state index contributed by atoms with van der Waals surface area (Å²) < 4.78 is 0. The molecule has 3 N–H and O–H groups in total. The average Bonchev–Trinajstić information content (AvgIpc) is 2.54. The number of nitrogens with two attached hydrogens (primary N) is 1. The van der Waals surface area contributed by atoms with E-state index in [0.717, 1.165) is 19.5 Å². The number of terminal acetylenes is 1. The number of hydrogen-bond acceptors (Lipinski definition) is 2. The van der Waals surface area contributed by atoms with E-state index in [4.69, 9.17) is 0 Å². The van der Waals surface area contributed by atoms with Gasteiger partial charge < -0.3 is 11.1 Å². The number of hydrogen-bond donors (Lipinski definition) is 2. The Hall–Kier alpha value is -1.30. The molecule has 0 bridgehead atoms. The van der Waals surface area contributed by atoms with E-state index in [1.807, 2.05) is 13.8 Å². The van der Waals surface area contributed by atoms with Crippen LogP contribution in [0, 0.1) is 12.8 Å². The molecule has 2 nitrogen and oxygen atoms in total. The third-order valence-electron chi connectivity index (χ3n) is 2.16. The van der Waals surface area contributed by atoms with Crippen LogP contribution in [0.1, 0.15) is 45.2 Å². The molecule has 0 aromatic heterocycles. The Morgan fingerprint density at radius 1 is 1.05 bits per heavy atom. The maximum Gasteiger partial charge on any atom is 0.0205 e. The molecule has 0 saturated carbocycles. The first-order valence-electron chi connectivity index (χ1n) is 7.06. The molecule has 0 saturated heterocycles. The van der Waals surface area contributed by atoms with Crippen molar-refractivity contribution in [1.82, 2.24) is 5.32 Å². The Morgan fingerprint density at radius 2 is 1.58 bits per heavy atom. The Balaban J connectivity index is -0.000000375. The topological polar surface area (TPSA) is 38.0 Å². The van der Waals surface area contributed by atoms with Gasteiger partial charge >= 0.3 is 0 Å². The van der Waals surface area contributed by atoms with Gasteiger partial charge in [-0.15, -0.1) is 12.8 Å². The van der Waals surface area contributed by atoms with Gasteiger partial charge in [-0.1, -0.05) is 52.0 Å². The van der Waals surface area contributed by atoms with Crippen LogP contribution in [0.2, 0.25) is 0 Å². The Bertz CT molecular complexity index is 280. The van der Waals surface area contributed by atoms with E-state index in [1.165, 1.54) is 24.6 Å². The minimum Gasteiger partial charge on any atom is -0.333 e. The lowest BCUT2D eigenvalue weighted by Gasteiger charge is -2.04. The summed E-state index contributed by atoms with van der Waals surface area (Å²) in [6, 6.07) is 8.79. The summed E-state index contributed by atoms with van der Waals surface area (Å²) in [6.07, 6.45) is 10.3. The highest BCUT2D eigenvalue weighted by molar-refractivity contribution is 5.23. The van der Waals surface area contributed by atoms with Gasteiger partial charge in [-0.2, -0.15) is 0 Å². The predicted octanol–water partition coefficient (Wildman–Crippen LogP) is 3.60. The summed E-state index contributed by atoms with van der Waals surface area (Å²) in [5.74, 6) is 0. The molecular formula is C17H32N2. The zero-order valence-electron chi connectivity index (χ0n) is 13.4. The molecule has 0 atom stereocenters. The van der Waals surface area contributed by atoms with E-state index in [9.17, 15) is 0 Å². The molecular weight excluding hydrogens is 232 g/mol. The van der Waals surface area contributed by atoms with E-state index < -0.39 is 0 Å².